The van der Waals surface area contributed by atoms with Crippen molar-refractivity contribution in [2.75, 3.05) is 23.7 Å². The number of nitrogens with zero attached hydrogens (tertiary/aromatic N) is 3. The molecule has 6 nitrogen and oxygen atoms in total. The van der Waals surface area contributed by atoms with Crippen LogP contribution in [0.25, 0.3) is 0 Å². The highest BCUT2D eigenvalue weighted by molar-refractivity contribution is 7.90. The summed E-state index contributed by atoms with van der Waals surface area (Å²) in [6, 6.07) is 6.07. The molecule has 130 valence electrons. The third-order valence-electron chi connectivity index (χ3n) is 4.69. The average Bonchev–Trinajstić information content (AvgIpc) is 2.59. The second-order valence-electron chi connectivity index (χ2n) is 6.51. The molecule has 1 aromatic rings. The Bertz CT molecular complexity index is 944. The number of carbonyl (C=O) groups excluding carboxylic acids is 1. The van der Waals surface area contributed by atoms with Gasteiger partial charge in [0, 0.05) is 25.0 Å². The average molecular weight is 357 g/mol. The fourth-order valence-corrected chi connectivity index (χ4v) is 4.45. The van der Waals surface area contributed by atoms with E-state index in [0.717, 1.165) is 24.1 Å². The van der Waals surface area contributed by atoms with Crippen LogP contribution in [0.3, 0.4) is 0 Å². The molecule has 0 aromatic heterocycles. The van der Waals surface area contributed by atoms with E-state index in [9.17, 15) is 13.2 Å². The van der Waals surface area contributed by atoms with E-state index in [-0.39, 0.29) is 17.5 Å². The first kappa shape index (κ1) is 16.1. The van der Waals surface area contributed by atoms with Crippen molar-refractivity contribution in [3.8, 4) is 0 Å². The lowest BCUT2D eigenvalue weighted by Crippen LogP contribution is -2.44. The summed E-state index contributed by atoms with van der Waals surface area (Å²) >= 11 is 0. The Kier molecular flexibility index (Phi) is 3.76. The molecule has 0 N–H and O–H groups in total. The van der Waals surface area contributed by atoms with Crippen LogP contribution in [0, 0.1) is 6.92 Å². The first-order chi connectivity index (χ1) is 11.9. The van der Waals surface area contributed by atoms with Gasteiger partial charge in [0.25, 0.3) is 15.9 Å². The van der Waals surface area contributed by atoms with Gasteiger partial charge in [0.1, 0.15) is 0 Å². The second-order valence-corrected chi connectivity index (χ2v) is 8.26. The summed E-state index contributed by atoms with van der Waals surface area (Å²) in [6.07, 6.45) is 7.02. The molecule has 1 aromatic carbocycles. The molecule has 0 unspecified atom stereocenters. The first-order valence-electron chi connectivity index (χ1n) is 8.34. The van der Waals surface area contributed by atoms with Gasteiger partial charge < -0.3 is 9.80 Å². The van der Waals surface area contributed by atoms with Gasteiger partial charge in [-0.25, -0.2) is 8.42 Å². The normalized spacial score (nSPS) is 21.2. The number of amidine groups is 1. The monoisotopic (exact) mass is 357 g/mol. The van der Waals surface area contributed by atoms with E-state index in [4.69, 9.17) is 0 Å². The number of amides is 1. The van der Waals surface area contributed by atoms with Crippen LogP contribution >= 0.6 is 0 Å². The minimum atomic E-state index is -3.52. The largest absolute Gasteiger partial charge is 0.331 e. The summed E-state index contributed by atoms with van der Waals surface area (Å²) in [5.74, 6) is 0.00158. The Labute approximate surface area is 147 Å². The van der Waals surface area contributed by atoms with E-state index in [0.29, 0.717) is 18.7 Å². The van der Waals surface area contributed by atoms with Gasteiger partial charge in [0.2, 0.25) is 0 Å². The van der Waals surface area contributed by atoms with Gasteiger partial charge in [-0.2, -0.15) is 0 Å². The molecule has 1 amide bonds. The Morgan fingerprint density at radius 3 is 2.92 bits per heavy atom. The SMILES string of the molecule is Cc1ccc2c(c1)CCCN2C(=O)C1=CC=CN2CCS(=O)(=O)N=C12. The number of fused-ring (bicyclic) bond motifs is 2. The highest BCUT2D eigenvalue weighted by Gasteiger charge is 2.33. The summed E-state index contributed by atoms with van der Waals surface area (Å²) in [4.78, 5) is 16.7. The summed E-state index contributed by atoms with van der Waals surface area (Å²) in [5, 5.41) is 0. The molecule has 0 saturated carbocycles. The summed E-state index contributed by atoms with van der Waals surface area (Å²) in [6.45, 7) is 2.98. The van der Waals surface area contributed by atoms with Crippen molar-refractivity contribution in [3.63, 3.8) is 0 Å². The van der Waals surface area contributed by atoms with Gasteiger partial charge >= 0.3 is 0 Å². The van der Waals surface area contributed by atoms with Gasteiger partial charge in [-0.1, -0.05) is 17.7 Å². The maximum Gasteiger partial charge on any atom is 0.262 e. The highest BCUT2D eigenvalue weighted by atomic mass is 32.2. The van der Waals surface area contributed by atoms with Crippen molar-refractivity contribution in [1.29, 1.82) is 0 Å². The molecule has 3 aliphatic heterocycles. The Morgan fingerprint density at radius 2 is 2.08 bits per heavy atom. The zero-order chi connectivity index (χ0) is 17.6. The number of aryl methyl sites for hydroxylation is 2. The number of hydrogen-bond donors (Lipinski definition) is 0. The smallest absolute Gasteiger partial charge is 0.262 e. The number of sulfonamides is 1. The Morgan fingerprint density at radius 1 is 1.24 bits per heavy atom. The lowest BCUT2D eigenvalue weighted by atomic mass is 9.98. The van der Waals surface area contributed by atoms with E-state index in [1.165, 1.54) is 5.56 Å². The number of hydrogen-bond acceptors (Lipinski definition) is 4. The Balaban J connectivity index is 1.74. The van der Waals surface area contributed by atoms with Gasteiger partial charge in [-0.3, -0.25) is 4.79 Å². The van der Waals surface area contributed by atoms with Gasteiger partial charge in [-0.15, -0.1) is 4.40 Å². The summed E-state index contributed by atoms with van der Waals surface area (Å²) in [5.41, 5.74) is 3.56. The molecule has 0 saturated heterocycles. The van der Waals surface area contributed by atoms with Gasteiger partial charge in [0.05, 0.1) is 11.3 Å². The zero-order valence-corrected chi connectivity index (χ0v) is 14.8. The zero-order valence-electron chi connectivity index (χ0n) is 14.0. The van der Waals surface area contributed by atoms with Crippen molar-refractivity contribution in [2.45, 2.75) is 19.8 Å². The number of carbonyl (C=O) groups is 1. The number of anilines is 1. The minimum Gasteiger partial charge on any atom is -0.331 e. The second kappa shape index (κ2) is 5.84. The van der Waals surface area contributed by atoms with Crippen molar-refractivity contribution >= 4 is 27.5 Å². The molecular formula is C18H19N3O3S. The van der Waals surface area contributed by atoms with E-state index < -0.39 is 10.0 Å². The van der Waals surface area contributed by atoms with E-state index in [1.807, 2.05) is 19.1 Å². The lowest BCUT2D eigenvalue weighted by molar-refractivity contribution is -0.114. The first-order valence-corrected chi connectivity index (χ1v) is 9.95. The molecule has 0 fully saturated rings. The molecule has 7 heteroatoms. The molecule has 3 heterocycles. The van der Waals surface area contributed by atoms with Crippen molar-refractivity contribution in [1.82, 2.24) is 4.90 Å². The van der Waals surface area contributed by atoms with E-state index in [1.54, 1.807) is 28.2 Å². The van der Waals surface area contributed by atoms with Gasteiger partial charge in [0.15, 0.2) is 5.84 Å². The minimum absolute atomic E-state index is 0.0336. The summed E-state index contributed by atoms with van der Waals surface area (Å²) in [7, 11) is -3.52. The predicted octanol–water partition coefficient (Wildman–Crippen LogP) is 1.77. The van der Waals surface area contributed by atoms with Crippen molar-refractivity contribution < 1.29 is 13.2 Å². The van der Waals surface area contributed by atoms with Crippen LogP contribution in [0.1, 0.15) is 17.5 Å². The molecule has 0 radical (unpaired) electrons. The maximum atomic E-state index is 13.2. The van der Waals surface area contributed by atoms with Crippen LogP contribution < -0.4 is 4.90 Å². The lowest BCUT2D eigenvalue weighted by Gasteiger charge is -2.34. The molecule has 0 bridgehead atoms. The molecule has 4 rings (SSSR count). The fraction of sp³-hybridized carbons (Fsp3) is 0.333. The molecule has 3 aliphatic rings. The molecular weight excluding hydrogens is 338 g/mol. The standard InChI is InChI=1S/C18H19N3O3S/c1-13-6-7-16-14(12-13)4-2-9-21(16)18(22)15-5-3-8-20-10-11-25(23,24)19-17(15)20/h3,5-8,12H,2,4,9-11H2,1H3. The van der Waals surface area contributed by atoms with Gasteiger partial charge in [-0.05, 0) is 43.5 Å². The topological polar surface area (TPSA) is 70.1 Å². The quantitative estimate of drug-likeness (QED) is 0.768. The van der Waals surface area contributed by atoms with Crippen molar-refractivity contribution in [3.05, 3.63) is 53.3 Å². The van der Waals surface area contributed by atoms with Crippen LogP contribution in [-0.4, -0.2) is 43.9 Å². The molecule has 25 heavy (non-hydrogen) atoms. The summed E-state index contributed by atoms with van der Waals surface area (Å²) < 4.78 is 27.6. The molecule has 0 aliphatic carbocycles. The predicted molar refractivity (Wildman–Crippen MR) is 97.0 cm³/mol. The number of allylic oxidation sites excluding steroid dienone is 2. The highest BCUT2D eigenvalue weighted by Crippen LogP contribution is 2.30. The fourth-order valence-electron chi connectivity index (χ4n) is 3.47. The van der Waals surface area contributed by atoms with Crippen LogP contribution in [-0.2, 0) is 21.2 Å². The Hall–Kier alpha value is -2.41. The van der Waals surface area contributed by atoms with E-state index >= 15 is 0 Å². The third kappa shape index (κ3) is 2.89. The van der Waals surface area contributed by atoms with Crippen LogP contribution in [0.5, 0.6) is 0 Å². The maximum absolute atomic E-state index is 13.2. The third-order valence-corrected chi connectivity index (χ3v) is 5.84. The van der Waals surface area contributed by atoms with Crippen LogP contribution in [0.2, 0.25) is 0 Å². The van der Waals surface area contributed by atoms with Crippen LogP contribution in [0.15, 0.2) is 46.5 Å². The molecule has 0 atom stereocenters. The number of benzene rings is 1. The molecule has 0 spiro atoms. The van der Waals surface area contributed by atoms with Crippen LogP contribution in [0.4, 0.5) is 5.69 Å². The van der Waals surface area contributed by atoms with Crippen molar-refractivity contribution in [2.24, 2.45) is 4.40 Å². The van der Waals surface area contributed by atoms with E-state index in [2.05, 4.69) is 10.5 Å². The number of rotatable bonds is 1.